The maximum atomic E-state index is 13.3. The normalized spacial score (nSPS) is 11.9. The predicted octanol–water partition coefficient (Wildman–Crippen LogP) is 5.39. The van der Waals surface area contributed by atoms with E-state index in [1.54, 1.807) is 0 Å². The van der Waals surface area contributed by atoms with E-state index >= 15 is 0 Å². The van der Waals surface area contributed by atoms with Crippen molar-refractivity contribution in [3.05, 3.63) is 44.1 Å². The van der Waals surface area contributed by atoms with Crippen molar-refractivity contribution >= 4 is 39.7 Å². The van der Waals surface area contributed by atoms with Gasteiger partial charge in [0, 0.05) is 21.8 Å². The molecular formula is C13H13BrClFN2S. The Morgan fingerprint density at radius 3 is 2.53 bits per heavy atom. The average Bonchev–Trinajstić information content (AvgIpc) is 2.59. The molecule has 0 aliphatic heterocycles. The molecule has 1 aromatic heterocycles. The lowest BCUT2D eigenvalue weighted by Crippen LogP contribution is -2.17. The lowest BCUT2D eigenvalue weighted by Gasteiger charge is -2.22. The van der Waals surface area contributed by atoms with Gasteiger partial charge in [0.25, 0.3) is 0 Å². The standard InChI is InChI=1S/C13H13BrClFN2S/c1-13(2,3)10-6-17-12(19)18(10)11-8(14)4-7(16)5-9(11)15/h4-6H,1-3H3,(H,17,19). The minimum atomic E-state index is -0.389. The average molecular weight is 364 g/mol. The zero-order chi connectivity index (χ0) is 14.4. The summed E-state index contributed by atoms with van der Waals surface area (Å²) in [7, 11) is 0. The number of imidazole rings is 1. The number of nitrogens with zero attached hydrogens (tertiary/aromatic N) is 1. The van der Waals surface area contributed by atoms with E-state index in [0.717, 1.165) is 5.69 Å². The van der Waals surface area contributed by atoms with Gasteiger partial charge in [0.15, 0.2) is 4.77 Å². The second-order valence-electron chi connectivity index (χ2n) is 5.28. The monoisotopic (exact) mass is 362 g/mol. The minimum Gasteiger partial charge on any atom is -0.337 e. The van der Waals surface area contributed by atoms with Gasteiger partial charge in [-0.05, 0) is 40.3 Å². The van der Waals surface area contributed by atoms with Crippen molar-refractivity contribution in [1.82, 2.24) is 9.55 Å². The van der Waals surface area contributed by atoms with Crippen LogP contribution < -0.4 is 0 Å². The first-order valence-corrected chi connectivity index (χ1v) is 7.25. The smallest absolute Gasteiger partial charge is 0.182 e. The van der Waals surface area contributed by atoms with Gasteiger partial charge in [-0.25, -0.2) is 4.39 Å². The largest absolute Gasteiger partial charge is 0.337 e. The van der Waals surface area contributed by atoms with Crippen molar-refractivity contribution in [3.63, 3.8) is 0 Å². The van der Waals surface area contributed by atoms with E-state index in [2.05, 4.69) is 41.7 Å². The highest BCUT2D eigenvalue weighted by Gasteiger charge is 2.22. The van der Waals surface area contributed by atoms with Crippen LogP contribution in [0.15, 0.2) is 22.8 Å². The SMILES string of the molecule is CC(C)(C)c1c[nH]c(=S)n1-c1c(Cl)cc(F)cc1Br. The summed E-state index contributed by atoms with van der Waals surface area (Å²) in [4.78, 5) is 3.02. The Morgan fingerprint density at radius 1 is 1.37 bits per heavy atom. The van der Waals surface area contributed by atoms with Crippen molar-refractivity contribution in [2.75, 3.05) is 0 Å². The quantitative estimate of drug-likeness (QED) is 0.674. The highest BCUT2D eigenvalue weighted by molar-refractivity contribution is 9.10. The maximum absolute atomic E-state index is 13.3. The molecule has 2 aromatic rings. The molecule has 0 saturated heterocycles. The Hall–Kier alpha value is -0.650. The fourth-order valence-corrected chi connectivity index (χ4v) is 3.15. The summed E-state index contributed by atoms with van der Waals surface area (Å²) in [5.41, 5.74) is 1.51. The van der Waals surface area contributed by atoms with E-state index in [0.29, 0.717) is 20.0 Å². The third-order valence-corrected chi connectivity index (χ3v) is 3.94. The predicted molar refractivity (Wildman–Crippen MR) is 82.3 cm³/mol. The number of hydrogen-bond donors (Lipinski definition) is 1. The maximum Gasteiger partial charge on any atom is 0.182 e. The summed E-state index contributed by atoms with van der Waals surface area (Å²) in [5.74, 6) is -0.389. The molecule has 0 aliphatic rings. The molecule has 0 aliphatic carbocycles. The number of hydrogen-bond acceptors (Lipinski definition) is 1. The zero-order valence-electron chi connectivity index (χ0n) is 10.7. The fraction of sp³-hybridized carbons (Fsp3) is 0.308. The van der Waals surface area contributed by atoms with Crippen molar-refractivity contribution in [2.45, 2.75) is 26.2 Å². The molecule has 19 heavy (non-hydrogen) atoms. The van der Waals surface area contributed by atoms with Crippen LogP contribution in [0.4, 0.5) is 4.39 Å². The highest BCUT2D eigenvalue weighted by Crippen LogP contribution is 2.34. The molecule has 102 valence electrons. The number of rotatable bonds is 1. The molecule has 0 bridgehead atoms. The van der Waals surface area contributed by atoms with Crippen molar-refractivity contribution in [3.8, 4) is 5.69 Å². The Balaban J connectivity index is 2.81. The lowest BCUT2D eigenvalue weighted by atomic mass is 9.92. The first-order chi connectivity index (χ1) is 8.71. The number of aromatic nitrogens is 2. The Morgan fingerprint density at radius 2 is 2.00 bits per heavy atom. The van der Waals surface area contributed by atoms with Gasteiger partial charge in [-0.2, -0.15) is 0 Å². The zero-order valence-corrected chi connectivity index (χ0v) is 13.9. The number of nitrogens with one attached hydrogen (secondary N) is 1. The first-order valence-electron chi connectivity index (χ1n) is 5.67. The summed E-state index contributed by atoms with van der Waals surface area (Å²) in [6, 6.07) is 2.66. The Kier molecular flexibility index (Phi) is 3.91. The van der Waals surface area contributed by atoms with Crippen LogP contribution in [0.2, 0.25) is 5.02 Å². The second-order valence-corrected chi connectivity index (χ2v) is 6.93. The molecule has 0 spiro atoms. The van der Waals surface area contributed by atoms with Crippen LogP contribution in [0.1, 0.15) is 26.5 Å². The van der Waals surface area contributed by atoms with Gasteiger partial charge in [-0.1, -0.05) is 32.4 Å². The molecule has 0 amide bonds. The van der Waals surface area contributed by atoms with Crippen molar-refractivity contribution in [1.29, 1.82) is 0 Å². The lowest BCUT2D eigenvalue weighted by molar-refractivity contribution is 0.555. The van der Waals surface area contributed by atoms with Gasteiger partial charge in [-0.3, -0.25) is 4.57 Å². The molecular weight excluding hydrogens is 351 g/mol. The van der Waals surface area contributed by atoms with E-state index in [1.807, 2.05) is 10.8 Å². The summed E-state index contributed by atoms with van der Waals surface area (Å²) in [6.07, 6.45) is 1.86. The van der Waals surface area contributed by atoms with Gasteiger partial charge >= 0.3 is 0 Å². The van der Waals surface area contributed by atoms with Gasteiger partial charge in [-0.15, -0.1) is 0 Å². The summed E-state index contributed by atoms with van der Waals surface area (Å²) < 4.78 is 16.3. The van der Waals surface area contributed by atoms with Gasteiger partial charge < -0.3 is 4.98 Å². The Bertz CT molecular complexity index is 662. The molecule has 2 rings (SSSR count). The van der Waals surface area contributed by atoms with Crippen LogP contribution in [0.25, 0.3) is 5.69 Å². The molecule has 0 saturated carbocycles. The topological polar surface area (TPSA) is 20.7 Å². The van der Waals surface area contributed by atoms with Crippen LogP contribution in [-0.4, -0.2) is 9.55 Å². The molecule has 1 N–H and O–H groups in total. The second kappa shape index (κ2) is 5.04. The summed E-state index contributed by atoms with van der Waals surface area (Å²) >= 11 is 14.8. The van der Waals surface area contributed by atoms with Crippen LogP contribution in [0.3, 0.4) is 0 Å². The summed E-state index contributed by atoms with van der Waals surface area (Å²) in [5, 5.41) is 0.313. The van der Waals surface area contributed by atoms with Crippen LogP contribution in [0.5, 0.6) is 0 Å². The highest BCUT2D eigenvalue weighted by atomic mass is 79.9. The van der Waals surface area contributed by atoms with E-state index in [-0.39, 0.29) is 11.2 Å². The van der Waals surface area contributed by atoms with E-state index in [9.17, 15) is 4.39 Å². The van der Waals surface area contributed by atoms with Crippen LogP contribution in [0, 0.1) is 10.6 Å². The number of halogens is 3. The molecule has 1 heterocycles. The molecule has 1 aromatic carbocycles. The third kappa shape index (κ3) is 2.78. The van der Waals surface area contributed by atoms with Crippen LogP contribution in [-0.2, 0) is 5.41 Å². The minimum absolute atomic E-state index is 0.120. The third-order valence-electron chi connectivity index (χ3n) is 2.75. The van der Waals surface area contributed by atoms with Crippen LogP contribution >= 0.6 is 39.7 Å². The molecule has 0 atom stereocenters. The molecule has 0 unspecified atom stereocenters. The first kappa shape index (κ1) is 14.8. The van der Waals surface area contributed by atoms with Crippen molar-refractivity contribution in [2.24, 2.45) is 0 Å². The fourth-order valence-electron chi connectivity index (χ4n) is 1.89. The van der Waals surface area contributed by atoms with E-state index in [1.165, 1.54) is 12.1 Å². The molecule has 6 heteroatoms. The van der Waals surface area contributed by atoms with E-state index in [4.69, 9.17) is 23.8 Å². The van der Waals surface area contributed by atoms with Gasteiger partial charge in [0.2, 0.25) is 0 Å². The Labute approximate surface area is 129 Å². The summed E-state index contributed by atoms with van der Waals surface area (Å²) in [6.45, 7) is 6.23. The van der Waals surface area contributed by atoms with E-state index < -0.39 is 0 Å². The number of benzene rings is 1. The number of aromatic amines is 1. The molecule has 0 fully saturated rings. The molecule has 0 radical (unpaired) electrons. The van der Waals surface area contributed by atoms with Crippen molar-refractivity contribution < 1.29 is 4.39 Å². The van der Waals surface area contributed by atoms with Gasteiger partial charge in [0.1, 0.15) is 5.82 Å². The van der Waals surface area contributed by atoms with Gasteiger partial charge in [0.05, 0.1) is 10.7 Å². The number of H-pyrrole nitrogens is 1. The molecule has 2 nitrogen and oxygen atoms in total.